The fourth-order valence-corrected chi connectivity index (χ4v) is 2.41. The van der Waals surface area contributed by atoms with Gasteiger partial charge in [-0.2, -0.15) is 0 Å². The minimum Gasteiger partial charge on any atom is -0.398 e. The fourth-order valence-electron chi connectivity index (χ4n) is 2.03. The molecule has 0 bridgehead atoms. The van der Waals surface area contributed by atoms with E-state index in [1.54, 1.807) is 18.2 Å². The van der Waals surface area contributed by atoms with E-state index < -0.39 is 0 Å². The van der Waals surface area contributed by atoms with Crippen molar-refractivity contribution in [1.82, 2.24) is 10.2 Å². The van der Waals surface area contributed by atoms with Crippen molar-refractivity contribution in [2.45, 2.75) is 6.10 Å². The van der Waals surface area contributed by atoms with Gasteiger partial charge in [0.05, 0.1) is 18.3 Å². The second-order valence-corrected chi connectivity index (χ2v) is 5.61. The zero-order valence-electron chi connectivity index (χ0n) is 11.3. The highest BCUT2D eigenvalue weighted by Crippen LogP contribution is 2.18. The first-order valence-electron chi connectivity index (χ1n) is 6.19. The number of likely N-dealkylation sites (N-methyl/N-ethyl adjacent to an activating group) is 1. The molecule has 3 N–H and O–H groups in total. The summed E-state index contributed by atoms with van der Waals surface area (Å²) in [5.74, 6) is -0.165. The number of nitrogens with one attached hydrogen (secondary N) is 1. The van der Waals surface area contributed by atoms with E-state index in [1.807, 2.05) is 7.05 Å². The number of halogens is 2. The Morgan fingerprint density at radius 2 is 2.35 bits per heavy atom. The average molecular weight is 365 g/mol. The largest absolute Gasteiger partial charge is 0.398 e. The number of hydrogen-bond acceptors (Lipinski definition) is 4. The van der Waals surface area contributed by atoms with Crippen LogP contribution in [0.4, 0.5) is 5.69 Å². The maximum absolute atomic E-state index is 12.0. The molecular formula is C13H19BrClN3O2. The van der Waals surface area contributed by atoms with Crippen LogP contribution in [0.2, 0.25) is 0 Å². The van der Waals surface area contributed by atoms with Crippen molar-refractivity contribution in [2.75, 3.05) is 39.0 Å². The number of rotatable bonds is 3. The van der Waals surface area contributed by atoms with E-state index in [9.17, 15) is 4.79 Å². The Kier molecular flexibility index (Phi) is 6.75. The van der Waals surface area contributed by atoms with Crippen LogP contribution in [0, 0.1) is 0 Å². The summed E-state index contributed by atoms with van der Waals surface area (Å²) >= 11 is 3.32. The minimum atomic E-state index is -0.165. The molecule has 1 amide bonds. The Hall–Kier alpha value is -0.820. The minimum absolute atomic E-state index is 0. The lowest BCUT2D eigenvalue weighted by atomic mass is 10.1. The summed E-state index contributed by atoms with van der Waals surface area (Å²) in [4.78, 5) is 14.2. The van der Waals surface area contributed by atoms with Crippen molar-refractivity contribution in [3.63, 3.8) is 0 Å². The van der Waals surface area contributed by atoms with Crippen molar-refractivity contribution >= 4 is 39.9 Å². The number of amides is 1. The number of benzene rings is 1. The molecular weight excluding hydrogens is 346 g/mol. The number of morpholine rings is 1. The molecule has 0 saturated carbocycles. The molecule has 2 rings (SSSR count). The molecule has 1 heterocycles. The van der Waals surface area contributed by atoms with Crippen molar-refractivity contribution in [3.05, 3.63) is 28.2 Å². The van der Waals surface area contributed by atoms with Gasteiger partial charge < -0.3 is 20.7 Å². The standard InChI is InChI=1S/C13H18BrN3O2.ClH/c1-17-4-5-19-10(8-17)7-16-13(18)11-3-2-9(14)6-12(11)15;/h2-3,6,10H,4-5,7-8,15H2,1H3,(H,16,18);1H. The Morgan fingerprint density at radius 3 is 3.00 bits per heavy atom. The molecule has 7 heteroatoms. The lowest BCUT2D eigenvalue weighted by Gasteiger charge is -2.30. The molecule has 20 heavy (non-hydrogen) atoms. The molecule has 1 aliphatic heterocycles. The van der Waals surface area contributed by atoms with E-state index in [0.29, 0.717) is 24.4 Å². The van der Waals surface area contributed by atoms with Crippen LogP contribution >= 0.6 is 28.3 Å². The highest BCUT2D eigenvalue weighted by Gasteiger charge is 2.19. The average Bonchev–Trinajstić information content (AvgIpc) is 2.36. The lowest BCUT2D eigenvalue weighted by molar-refractivity contribution is -0.0174. The molecule has 1 aromatic rings. The molecule has 0 aromatic heterocycles. The normalized spacial score (nSPS) is 19.2. The Morgan fingerprint density at radius 1 is 1.60 bits per heavy atom. The van der Waals surface area contributed by atoms with Crippen LogP contribution in [0.15, 0.2) is 22.7 Å². The number of nitrogens with zero attached hydrogens (tertiary/aromatic N) is 1. The molecule has 1 saturated heterocycles. The van der Waals surface area contributed by atoms with Gasteiger partial charge in [0, 0.05) is 29.8 Å². The van der Waals surface area contributed by atoms with Crippen LogP contribution in [0.1, 0.15) is 10.4 Å². The Bertz CT molecular complexity index is 473. The molecule has 1 aliphatic rings. The first-order chi connectivity index (χ1) is 9.06. The van der Waals surface area contributed by atoms with Crippen molar-refractivity contribution in [2.24, 2.45) is 0 Å². The zero-order chi connectivity index (χ0) is 13.8. The number of nitrogen functional groups attached to an aromatic ring is 1. The van der Waals surface area contributed by atoms with Crippen LogP contribution in [-0.2, 0) is 4.74 Å². The summed E-state index contributed by atoms with van der Waals surface area (Å²) in [7, 11) is 2.05. The highest BCUT2D eigenvalue weighted by atomic mass is 79.9. The summed E-state index contributed by atoms with van der Waals surface area (Å²) in [5, 5.41) is 2.86. The first kappa shape index (κ1) is 17.2. The van der Waals surface area contributed by atoms with Crippen molar-refractivity contribution in [3.8, 4) is 0 Å². The van der Waals surface area contributed by atoms with Gasteiger partial charge in [0.1, 0.15) is 0 Å². The molecule has 112 valence electrons. The number of nitrogens with two attached hydrogens (primary N) is 1. The van der Waals surface area contributed by atoms with Gasteiger partial charge in [-0.25, -0.2) is 0 Å². The maximum atomic E-state index is 12.0. The predicted octanol–water partition coefficient (Wildman–Crippen LogP) is 1.51. The third kappa shape index (κ3) is 4.63. The van der Waals surface area contributed by atoms with Gasteiger partial charge in [-0.15, -0.1) is 12.4 Å². The molecule has 5 nitrogen and oxygen atoms in total. The van der Waals surface area contributed by atoms with Gasteiger partial charge in [0.15, 0.2) is 0 Å². The van der Waals surface area contributed by atoms with E-state index >= 15 is 0 Å². The van der Waals surface area contributed by atoms with Gasteiger partial charge in [-0.05, 0) is 25.2 Å². The van der Waals surface area contributed by atoms with E-state index in [-0.39, 0.29) is 24.4 Å². The van der Waals surface area contributed by atoms with Gasteiger partial charge in [0.25, 0.3) is 5.91 Å². The maximum Gasteiger partial charge on any atom is 0.253 e. The molecule has 1 fully saturated rings. The molecule has 1 atom stereocenters. The third-order valence-corrected chi connectivity index (χ3v) is 3.58. The number of carbonyl (C=O) groups is 1. The molecule has 1 unspecified atom stereocenters. The molecule has 0 radical (unpaired) electrons. The zero-order valence-corrected chi connectivity index (χ0v) is 13.7. The summed E-state index contributed by atoms with van der Waals surface area (Å²) < 4.78 is 6.45. The predicted molar refractivity (Wildman–Crippen MR) is 85.4 cm³/mol. The van der Waals surface area contributed by atoms with Gasteiger partial charge >= 0.3 is 0 Å². The van der Waals surface area contributed by atoms with E-state index in [2.05, 4.69) is 26.1 Å². The summed E-state index contributed by atoms with van der Waals surface area (Å²) in [6, 6.07) is 5.23. The summed E-state index contributed by atoms with van der Waals surface area (Å²) in [6.07, 6.45) is 0.0411. The first-order valence-corrected chi connectivity index (χ1v) is 6.99. The van der Waals surface area contributed by atoms with Gasteiger partial charge in [-0.3, -0.25) is 4.79 Å². The van der Waals surface area contributed by atoms with E-state index in [0.717, 1.165) is 17.6 Å². The van der Waals surface area contributed by atoms with Crippen LogP contribution in [0.3, 0.4) is 0 Å². The van der Waals surface area contributed by atoms with Crippen LogP contribution in [0.5, 0.6) is 0 Å². The molecule has 0 aliphatic carbocycles. The molecule has 1 aromatic carbocycles. The number of anilines is 1. The van der Waals surface area contributed by atoms with Gasteiger partial charge in [-0.1, -0.05) is 15.9 Å². The fraction of sp³-hybridized carbons (Fsp3) is 0.462. The van der Waals surface area contributed by atoms with E-state index in [4.69, 9.17) is 10.5 Å². The Balaban J connectivity index is 0.00000200. The number of ether oxygens (including phenoxy) is 1. The van der Waals surface area contributed by atoms with Crippen LogP contribution < -0.4 is 11.1 Å². The van der Waals surface area contributed by atoms with Crippen LogP contribution in [0.25, 0.3) is 0 Å². The smallest absolute Gasteiger partial charge is 0.253 e. The highest BCUT2D eigenvalue weighted by molar-refractivity contribution is 9.10. The van der Waals surface area contributed by atoms with Crippen molar-refractivity contribution in [1.29, 1.82) is 0 Å². The summed E-state index contributed by atoms with van der Waals surface area (Å²) in [5.41, 5.74) is 6.78. The van der Waals surface area contributed by atoms with E-state index in [1.165, 1.54) is 0 Å². The lowest BCUT2D eigenvalue weighted by Crippen LogP contribution is -2.46. The second kappa shape index (κ2) is 7.83. The van der Waals surface area contributed by atoms with Crippen LogP contribution in [-0.4, -0.2) is 50.2 Å². The quantitative estimate of drug-likeness (QED) is 0.798. The van der Waals surface area contributed by atoms with Gasteiger partial charge in [0.2, 0.25) is 0 Å². The third-order valence-electron chi connectivity index (χ3n) is 3.09. The second-order valence-electron chi connectivity index (χ2n) is 4.70. The monoisotopic (exact) mass is 363 g/mol. The summed E-state index contributed by atoms with van der Waals surface area (Å²) in [6.45, 7) is 2.97. The Labute approximate surface area is 133 Å². The topological polar surface area (TPSA) is 67.6 Å². The number of carbonyl (C=O) groups excluding carboxylic acids is 1. The number of hydrogen-bond donors (Lipinski definition) is 2. The molecule has 0 spiro atoms. The van der Waals surface area contributed by atoms with Crippen molar-refractivity contribution < 1.29 is 9.53 Å². The SMILES string of the molecule is CN1CCOC(CNC(=O)c2ccc(Br)cc2N)C1.Cl.